The van der Waals surface area contributed by atoms with Gasteiger partial charge < -0.3 is 34.5 Å². The number of hydrogen-bond donors (Lipinski definition) is 2. The standard InChI is InChI=1S/C21H36N4O5.HI/c1-14(13-25(6)20(26)30-21(2,3)4)12-23-19(22-5)24-15-10-16(27-7)18(29-9)17(11-15)28-8;/h10-11,14H,12-13H2,1-9H3,(H2,22,23,24);1H. The van der Waals surface area contributed by atoms with Gasteiger partial charge in [0.1, 0.15) is 5.60 Å². The van der Waals surface area contributed by atoms with Crippen molar-refractivity contribution >= 4 is 41.7 Å². The van der Waals surface area contributed by atoms with Crippen molar-refractivity contribution in [3.8, 4) is 17.2 Å². The van der Waals surface area contributed by atoms with Crippen molar-refractivity contribution in [3.63, 3.8) is 0 Å². The van der Waals surface area contributed by atoms with E-state index in [1.165, 1.54) is 0 Å². The predicted molar refractivity (Wildman–Crippen MR) is 135 cm³/mol. The normalized spacial score (nSPS) is 12.2. The molecule has 0 bridgehead atoms. The molecule has 31 heavy (non-hydrogen) atoms. The van der Waals surface area contributed by atoms with Crippen LogP contribution in [0.4, 0.5) is 10.5 Å². The second-order valence-corrected chi connectivity index (χ2v) is 7.96. The molecule has 0 heterocycles. The number of nitrogens with zero attached hydrogens (tertiary/aromatic N) is 2. The van der Waals surface area contributed by atoms with Crippen LogP contribution in [-0.4, -0.2) is 71.1 Å². The Balaban J connectivity index is 0.00000900. The lowest BCUT2D eigenvalue weighted by molar-refractivity contribution is 0.0278. The van der Waals surface area contributed by atoms with Crippen LogP contribution in [0.15, 0.2) is 17.1 Å². The molecule has 2 N–H and O–H groups in total. The van der Waals surface area contributed by atoms with Crippen molar-refractivity contribution in [2.45, 2.75) is 33.3 Å². The van der Waals surface area contributed by atoms with Gasteiger partial charge in [-0.25, -0.2) is 4.79 Å². The number of ether oxygens (including phenoxy) is 4. The molecule has 0 fully saturated rings. The van der Waals surface area contributed by atoms with Crippen molar-refractivity contribution < 1.29 is 23.7 Å². The second kappa shape index (κ2) is 13.3. The number of halogens is 1. The molecule has 0 aliphatic heterocycles. The molecule has 1 unspecified atom stereocenters. The number of aliphatic imine (C=N–C) groups is 1. The molecule has 1 aromatic carbocycles. The van der Waals surface area contributed by atoms with Gasteiger partial charge in [-0.05, 0) is 26.7 Å². The molecule has 1 atom stereocenters. The molecule has 1 aromatic rings. The van der Waals surface area contributed by atoms with Crippen LogP contribution in [0.1, 0.15) is 27.7 Å². The second-order valence-electron chi connectivity index (χ2n) is 7.96. The Morgan fingerprint density at radius 2 is 1.68 bits per heavy atom. The first-order chi connectivity index (χ1) is 14.0. The molecule has 0 aliphatic rings. The van der Waals surface area contributed by atoms with Crippen LogP contribution in [0.3, 0.4) is 0 Å². The summed E-state index contributed by atoms with van der Waals surface area (Å²) in [6.07, 6.45) is -0.339. The SMILES string of the molecule is CN=C(NCC(C)CN(C)C(=O)OC(C)(C)C)Nc1cc(OC)c(OC)c(OC)c1.I. The maximum absolute atomic E-state index is 12.1. The molecule has 0 saturated carbocycles. The van der Waals surface area contributed by atoms with Gasteiger partial charge in [-0.2, -0.15) is 0 Å². The van der Waals surface area contributed by atoms with Crippen molar-refractivity contribution in [2.75, 3.05) is 53.8 Å². The highest BCUT2D eigenvalue weighted by atomic mass is 127. The summed E-state index contributed by atoms with van der Waals surface area (Å²) < 4.78 is 21.5. The van der Waals surface area contributed by atoms with Crippen LogP contribution in [0.5, 0.6) is 17.2 Å². The van der Waals surface area contributed by atoms with E-state index in [-0.39, 0.29) is 36.0 Å². The predicted octanol–water partition coefficient (Wildman–Crippen LogP) is 3.82. The van der Waals surface area contributed by atoms with Gasteiger partial charge in [0.05, 0.1) is 21.3 Å². The maximum atomic E-state index is 12.1. The maximum Gasteiger partial charge on any atom is 0.410 e. The van der Waals surface area contributed by atoms with Gasteiger partial charge in [-0.3, -0.25) is 4.99 Å². The van der Waals surface area contributed by atoms with Crippen molar-refractivity contribution in [1.29, 1.82) is 0 Å². The highest BCUT2D eigenvalue weighted by Gasteiger charge is 2.21. The van der Waals surface area contributed by atoms with Crippen molar-refractivity contribution in [3.05, 3.63) is 12.1 Å². The molecule has 0 aromatic heterocycles. The summed E-state index contributed by atoms with van der Waals surface area (Å²) in [5, 5.41) is 6.47. The van der Waals surface area contributed by atoms with Crippen LogP contribution in [-0.2, 0) is 4.74 Å². The molecule has 0 radical (unpaired) electrons. The Hall–Kier alpha value is -2.11. The highest BCUT2D eigenvalue weighted by Crippen LogP contribution is 2.39. The Labute approximate surface area is 202 Å². The number of nitrogens with one attached hydrogen (secondary N) is 2. The first kappa shape index (κ1) is 28.9. The summed E-state index contributed by atoms with van der Waals surface area (Å²) in [4.78, 5) is 17.9. The highest BCUT2D eigenvalue weighted by molar-refractivity contribution is 14.0. The number of amides is 1. The minimum atomic E-state index is -0.515. The minimum absolute atomic E-state index is 0. The minimum Gasteiger partial charge on any atom is -0.493 e. The van der Waals surface area contributed by atoms with Gasteiger partial charge in [0, 0.05) is 45.0 Å². The van der Waals surface area contributed by atoms with Gasteiger partial charge in [0.2, 0.25) is 5.75 Å². The Kier molecular flexibility index (Phi) is 12.4. The number of carbonyl (C=O) groups excluding carboxylic acids is 1. The zero-order valence-corrected chi connectivity index (χ0v) is 22.3. The number of hydrogen-bond acceptors (Lipinski definition) is 6. The molecular formula is C21H37IN4O5. The summed E-state index contributed by atoms with van der Waals surface area (Å²) in [6, 6.07) is 3.60. The average molecular weight is 552 g/mol. The Morgan fingerprint density at radius 1 is 1.13 bits per heavy atom. The largest absolute Gasteiger partial charge is 0.493 e. The summed E-state index contributed by atoms with van der Waals surface area (Å²) in [7, 11) is 8.11. The van der Waals surface area contributed by atoms with Crippen LogP contribution < -0.4 is 24.8 Å². The van der Waals surface area contributed by atoms with Crippen LogP contribution in [0.2, 0.25) is 0 Å². The fourth-order valence-corrected chi connectivity index (χ4v) is 2.69. The third kappa shape index (κ3) is 9.70. The Bertz CT molecular complexity index is 712. The number of guanidine groups is 1. The number of rotatable bonds is 8. The summed E-state index contributed by atoms with van der Waals surface area (Å²) >= 11 is 0. The monoisotopic (exact) mass is 552 g/mol. The van der Waals surface area contributed by atoms with Gasteiger partial charge in [-0.15, -0.1) is 24.0 Å². The molecule has 9 nitrogen and oxygen atoms in total. The number of anilines is 1. The average Bonchev–Trinajstić information content (AvgIpc) is 2.68. The first-order valence-electron chi connectivity index (χ1n) is 9.76. The lowest BCUT2D eigenvalue weighted by Crippen LogP contribution is -2.40. The van der Waals surface area contributed by atoms with Crippen molar-refractivity contribution in [1.82, 2.24) is 10.2 Å². The van der Waals surface area contributed by atoms with Crippen LogP contribution in [0.25, 0.3) is 0 Å². The van der Waals surface area contributed by atoms with E-state index in [1.807, 2.05) is 27.7 Å². The molecule has 0 spiro atoms. The van der Waals surface area contributed by atoms with Crippen molar-refractivity contribution in [2.24, 2.45) is 10.9 Å². The summed E-state index contributed by atoms with van der Waals surface area (Å²) in [6.45, 7) is 8.74. The lowest BCUT2D eigenvalue weighted by Gasteiger charge is -2.26. The number of methoxy groups -OCH3 is 3. The van der Waals surface area contributed by atoms with E-state index in [9.17, 15) is 4.79 Å². The van der Waals surface area contributed by atoms with E-state index in [2.05, 4.69) is 15.6 Å². The lowest BCUT2D eigenvalue weighted by atomic mass is 10.1. The third-order valence-corrected chi connectivity index (χ3v) is 4.06. The zero-order chi connectivity index (χ0) is 22.9. The van der Waals surface area contributed by atoms with Gasteiger partial charge in [0.15, 0.2) is 17.5 Å². The van der Waals surface area contributed by atoms with Gasteiger partial charge in [0.25, 0.3) is 0 Å². The smallest absolute Gasteiger partial charge is 0.410 e. The number of benzene rings is 1. The molecule has 0 saturated heterocycles. The molecule has 0 aliphatic carbocycles. The third-order valence-electron chi connectivity index (χ3n) is 4.06. The first-order valence-corrected chi connectivity index (χ1v) is 9.76. The molecule has 178 valence electrons. The molecule has 1 amide bonds. The van der Waals surface area contributed by atoms with E-state index in [1.54, 1.807) is 52.5 Å². The van der Waals surface area contributed by atoms with E-state index in [0.717, 1.165) is 5.69 Å². The zero-order valence-electron chi connectivity index (χ0n) is 20.0. The fraction of sp³-hybridized carbons (Fsp3) is 0.619. The van der Waals surface area contributed by atoms with Crippen LogP contribution >= 0.6 is 24.0 Å². The van der Waals surface area contributed by atoms with Gasteiger partial charge in [-0.1, -0.05) is 6.92 Å². The van der Waals surface area contributed by atoms with E-state index in [4.69, 9.17) is 18.9 Å². The van der Waals surface area contributed by atoms with E-state index in [0.29, 0.717) is 36.3 Å². The number of carbonyl (C=O) groups is 1. The summed E-state index contributed by atoms with van der Waals surface area (Å²) in [5.74, 6) is 2.36. The fourth-order valence-electron chi connectivity index (χ4n) is 2.69. The van der Waals surface area contributed by atoms with E-state index >= 15 is 0 Å². The quantitative estimate of drug-likeness (QED) is 0.288. The molecular weight excluding hydrogens is 515 g/mol. The van der Waals surface area contributed by atoms with Crippen LogP contribution in [0, 0.1) is 5.92 Å². The van der Waals surface area contributed by atoms with E-state index < -0.39 is 5.60 Å². The topological polar surface area (TPSA) is 93.7 Å². The Morgan fingerprint density at radius 3 is 2.10 bits per heavy atom. The van der Waals surface area contributed by atoms with Gasteiger partial charge >= 0.3 is 6.09 Å². The molecule has 1 rings (SSSR count). The molecule has 10 heteroatoms. The summed E-state index contributed by atoms with van der Waals surface area (Å²) in [5.41, 5.74) is 0.218.